The Hall–Kier alpha value is -2.33. The Morgan fingerprint density at radius 2 is 2.03 bits per heavy atom. The van der Waals surface area contributed by atoms with Crippen molar-refractivity contribution in [1.82, 2.24) is 15.1 Å². The molecule has 1 aromatic carbocycles. The molecule has 0 saturated heterocycles. The summed E-state index contributed by atoms with van der Waals surface area (Å²) in [6.07, 6.45) is -4.69. The third kappa shape index (κ3) is 4.04. The lowest BCUT2D eigenvalue weighted by Gasteiger charge is -2.33. The Bertz CT molecular complexity index is 1000. The van der Waals surface area contributed by atoms with Crippen LogP contribution >= 0.6 is 27.3 Å². The second kappa shape index (κ2) is 7.83. The van der Waals surface area contributed by atoms with Crippen LogP contribution < -0.4 is 10.6 Å². The average Bonchev–Trinajstić information content (AvgIpc) is 3.34. The fraction of sp³-hybridized carbons (Fsp3) is 0.263. The highest BCUT2D eigenvalue weighted by Gasteiger charge is 2.47. The molecule has 152 valence electrons. The van der Waals surface area contributed by atoms with E-state index >= 15 is 0 Å². The Kier molecular flexibility index (Phi) is 5.39. The van der Waals surface area contributed by atoms with Crippen molar-refractivity contribution in [3.63, 3.8) is 0 Å². The van der Waals surface area contributed by atoms with E-state index in [-0.39, 0.29) is 29.0 Å². The molecule has 2 unspecified atom stereocenters. The molecule has 0 spiro atoms. The number of benzene rings is 1. The number of amides is 1. The molecular weight excluding hydrogens is 469 g/mol. The zero-order chi connectivity index (χ0) is 20.6. The first-order chi connectivity index (χ1) is 13.8. The molecule has 0 aliphatic carbocycles. The minimum atomic E-state index is -4.49. The molecule has 3 heterocycles. The van der Waals surface area contributed by atoms with Crippen LogP contribution in [-0.2, 0) is 6.54 Å². The summed E-state index contributed by atoms with van der Waals surface area (Å²) >= 11 is 4.67. The van der Waals surface area contributed by atoms with Crippen LogP contribution in [0.5, 0.6) is 0 Å². The topological polar surface area (TPSA) is 59.0 Å². The van der Waals surface area contributed by atoms with Gasteiger partial charge in [0.1, 0.15) is 5.82 Å². The van der Waals surface area contributed by atoms with Gasteiger partial charge in [0, 0.05) is 17.8 Å². The van der Waals surface area contributed by atoms with Crippen molar-refractivity contribution < 1.29 is 18.0 Å². The molecule has 3 aromatic rings. The highest BCUT2D eigenvalue weighted by atomic mass is 79.9. The van der Waals surface area contributed by atoms with Crippen molar-refractivity contribution in [3.8, 4) is 0 Å². The third-order valence-electron chi connectivity index (χ3n) is 4.69. The van der Waals surface area contributed by atoms with E-state index in [1.807, 2.05) is 35.7 Å². The molecule has 10 heteroatoms. The molecule has 2 atom stereocenters. The van der Waals surface area contributed by atoms with Crippen molar-refractivity contribution in [3.05, 3.63) is 68.5 Å². The highest BCUT2D eigenvalue weighted by molar-refractivity contribution is 9.10. The molecule has 2 N–H and O–H groups in total. The highest BCUT2D eigenvalue weighted by Crippen LogP contribution is 2.46. The van der Waals surface area contributed by atoms with Crippen LogP contribution in [-0.4, -0.2) is 21.9 Å². The maximum Gasteiger partial charge on any atom is 0.410 e. The molecule has 0 fully saturated rings. The van der Waals surface area contributed by atoms with Crippen molar-refractivity contribution in [1.29, 1.82) is 0 Å². The van der Waals surface area contributed by atoms with E-state index in [1.54, 1.807) is 12.1 Å². The molecule has 5 nitrogen and oxygen atoms in total. The minimum Gasteiger partial charge on any atom is -0.362 e. The molecule has 1 aliphatic heterocycles. The van der Waals surface area contributed by atoms with E-state index < -0.39 is 24.2 Å². The van der Waals surface area contributed by atoms with Gasteiger partial charge in [0.25, 0.3) is 5.91 Å². The molecule has 0 bridgehead atoms. The Morgan fingerprint density at radius 1 is 1.28 bits per heavy atom. The number of aromatic nitrogens is 2. The van der Waals surface area contributed by atoms with Gasteiger partial charge < -0.3 is 10.6 Å². The van der Waals surface area contributed by atoms with E-state index in [0.29, 0.717) is 0 Å². The van der Waals surface area contributed by atoms with Gasteiger partial charge in [0.15, 0.2) is 11.7 Å². The van der Waals surface area contributed by atoms with Crippen LogP contribution in [0, 0.1) is 0 Å². The first-order valence-corrected chi connectivity index (χ1v) is 10.5. The summed E-state index contributed by atoms with van der Waals surface area (Å²) in [5.74, 6) is -0.389. The van der Waals surface area contributed by atoms with Crippen LogP contribution in [0.15, 0.2) is 52.3 Å². The number of anilines is 1. The van der Waals surface area contributed by atoms with E-state index in [1.165, 1.54) is 11.3 Å². The Morgan fingerprint density at radius 3 is 2.69 bits per heavy atom. The molecular formula is C19H16BrF3N4OS. The van der Waals surface area contributed by atoms with Gasteiger partial charge in [0.2, 0.25) is 0 Å². The molecule has 29 heavy (non-hydrogen) atoms. The van der Waals surface area contributed by atoms with Gasteiger partial charge in [-0.3, -0.25) is 4.79 Å². The number of rotatable bonds is 4. The third-order valence-corrected chi connectivity index (χ3v) is 6.43. The van der Waals surface area contributed by atoms with Gasteiger partial charge in [-0.25, -0.2) is 4.68 Å². The number of carbonyl (C=O) groups is 1. The van der Waals surface area contributed by atoms with Gasteiger partial charge in [0.05, 0.1) is 10.5 Å². The number of alkyl halides is 3. The molecule has 0 saturated carbocycles. The number of nitrogens with zero attached hydrogens (tertiary/aromatic N) is 2. The van der Waals surface area contributed by atoms with Gasteiger partial charge in [-0.15, -0.1) is 11.3 Å². The Balaban J connectivity index is 1.63. The SMILES string of the molecule is O=C(NCc1ccccc1)c1nn2c(c1Br)NC(c1cccs1)CC2C(F)(F)F. The van der Waals surface area contributed by atoms with Gasteiger partial charge in [-0.2, -0.15) is 18.3 Å². The summed E-state index contributed by atoms with van der Waals surface area (Å²) in [4.78, 5) is 13.4. The van der Waals surface area contributed by atoms with Gasteiger partial charge >= 0.3 is 6.18 Å². The summed E-state index contributed by atoms with van der Waals surface area (Å²) in [5.41, 5.74) is 0.800. The van der Waals surface area contributed by atoms with E-state index in [2.05, 4.69) is 31.7 Å². The number of halogens is 4. The summed E-state index contributed by atoms with van der Waals surface area (Å²) in [7, 11) is 0. The number of thiophene rings is 1. The lowest BCUT2D eigenvalue weighted by atomic mass is 10.0. The van der Waals surface area contributed by atoms with Crippen LogP contribution in [0.25, 0.3) is 0 Å². The average molecular weight is 485 g/mol. The van der Waals surface area contributed by atoms with Crippen molar-refractivity contribution in [2.75, 3.05) is 5.32 Å². The van der Waals surface area contributed by atoms with Crippen molar-refractivity contribution in [2.24, 2.45) is 0 Å². The Labute approximate surface area is 177 Å². The lowest BCUT2D eigenvalue weighted by molar-refractivity contribution is -0.173. The quantitative estimate of drug-likeness (QED) is 0.528. The summed E-state index contributed by atoms with van der Waals surface area (Å²) in [6, 6.07) is 10.5. The number of hydrogen-bond acceptors (Lipinski definition) is 4. The van der Waals surface area contributed by atoms with E-state index in [9.17, 15) is 18.0 Å². The number of carbonyl (C=O) groups excluding carboxylic acids is 1. The van der Waals surface area contributed by atoms with Gasteiger partial charge in [-0.05, 0) is 32.9 Å². The minimum absolute atomic E-state index is 0.0792. The molecule has 4 rings (SSSR count). The normalized spacial score (nSPS) is 18.8. The zero-order valence-electron chi connectivity index (χ0n) is 14.9. The first-order valence-electron chi connectivity index (χ1n) is 8.81. The number of fused-ring (bicyclic) bond motifs is 1. The second-order valence-electron chi connectivity index (χ2n) is 6.63. The lowest BCUT2D eigenvalue weighted by Crippen LogP contribution is -2.35. The van der Waals surface area contributed by atoms with Crippen LogP contribution in [0.3, 0.4) is 0 Å². The number of nitrogens with one attached hydrogen (secondary N) is 2. The molecule has 2 aromatic heterocycles. The maximum absolute atomic E-state index is 13.7. The largest absolute Gasteiger partial charge is 0.410 e. The summed E-state index contributed by atoms with van der Waals surface area (Å²) in [6.45, 7) is 0.252. The van der Waals surface area contributed by atoms with Gasteiger partial charge in [-0.1, -0.05) is 36.4 Å². The monoisotopic (exact) mass is 484 g/mol. The predicted molar refractivity (Wildman–Crippen MR) is 108 cm³/mol. The predicted octanol–water partition coefficient (Wildman–Crippen LogP) is 5.30. The smallest absolute Gasteiger partial charge is 0.362 e. The van der Waals surface area contributed by atoms with Crippen LogP contribution in [0.1, 0.15) is 39.4 Å². The fourth-order valence-electron chi connectivity index (χ4n) is 3.27. The van der Waals surface area contributed by atoms with Crippen LogP contribution in [0.4, 0.5) is 19.0 Å². The fourth-order valence-corrected chi connectivity index (χ4v) is 4.62. The zero-order valence-corrected chi connectivity index (χ0v) is 17.3. The van der Waals surface area contributed by atoms with Crippen molar-refractivity contribution >= 4 is 39.0 Å². The number of hydrogen-bond donors (Lipinski definition) is 2. The second-order valence-corrected chi connectivity index (χ2v) is 8.40. The summed E-state index contributed by atoms with van der Waals surface area (Å²) in [5, 5.41) is 11.6. The van der Waals surface area contributed by atoms with Crippen molar-refractivity contribution in [2.45, 2.75) is 31.2 Å². The maximum atomic E-state index is 13.7. The molecule has 1 amide bonds. The molecule has 1 aliphatic rings. The van der Waals surface area contributed by atoms with Crippen LogP contribution in [0.2, 0.25) is 0 Å². The standard InChI is InChI=1S/C19H16BrF3N4OS/c20-15-16(18(28)24-10-11-5-2-1-3-6-11)26-27-14(19(21,22)23)9-12(25-17(15)27)13-7-4-8-29-13/h1-8,12,14,25H,9-10H2,(H,24,28). The molecule has 0 radical (unpaired) electrons. The summed E-state index contributed by atoms with van der Waals surface area (Å²) < 4.78 is 42.3. The first kappa shape index (κ1) is 20.0. The van der Waals surface area contributed by atoms with E-state index in [4.69, 9.17) is 0 Å². The van der Waals surface area contributed by atoms with E-state index in [0.717, 1.165) is 15.1 Å².